The minimum absolute atomic E-state index is 0.0493. The predicted octanol–water partition coefficient (Wildman–Crippen LogP) is 1.33. The lowest BCUT2D eigenvalue weighted by molar-refractivity contribution is -0.122. The van der Waals surface area contributed by atoms with Crippen LogP contribution in [-0.4, -0.2) is 81.7 Å². The SMILES string of the molecule is O=C(c1ccccc1S(=O)(=O)NC[C@H](O)COc1ccc(N2C(=O)[C@H]3CC=CC[C@H]3C2=O)cc1)N1CCOCC1. The number of ether oxygens (including phenoxy) is 2. The van der Waals surface area contributed by atoms with Crippen LogP contribution in [0.25, 0.3) is 0 Å². The number of carbonyl (C=O) groups is 3. The average Bonchev–Trinajstić information content (AvgIpc) is 3.24. The zero-order valence-electron chi connectivity index (χ0n) is 21.8. The molecule has 0 radical (unpaired) electrons. The molecule has 40 heavy (non-hydrogen) atoms. The van der Waals surface area contributed by atoms with Crippen LogP contribution in [0, 0.1) is 11.8 Å². The number of morpholine rings is 1. The van der Waals surface area contributed by atoms with Gasteiger partial charge in [0, 0.05) is 19.6 Å². The number of hydrogen-bond donors (Lipinski definition) is 2. The van der Waals surface area contributed by atoms with Crippen LogP contribution in [0.2, 0.25) is 0 Å². The van der Waals surface area contributed by atoms with Gasteiger partial charge in [-0.25, -0.2) is 13.1 Å². The summed E-state index contributed by atoms with van der Waals surface area (Å²) in [5, 5.41) is 10.4. The number of rotatable bonds is 9. The molecule has 2 heterocycles. The van der Waals surface area contributed by atoms with E-state index in [1.807, 2.05) is 12.2 Å². The number of sulfonamides is 1. The van der Waals surface area contributed by atoms with Crippen molar-refractivity contribution in [2.45, 2.75) is 23.8 Å². The van der Waals surface area contributed by atoms with Gasteiger partial charge in [-0.15, -0.1) is 0 Å². The highest BCUT2D eigenvalue weighted by Gasteiger charge is 2.47. The first kappa shape index (κ1) is 28.0. The van der Waals surface area contributed by atoms with E-state index in [1.54, 1.807) is 35.2 Å². The molecule has 0 bridgehead atoms. The number of anilines is 1. The molecule has 0 unspecified atom stereocenters. The van der Waals surface area contributed by atoms with Gasteiger partial charge in [-0.3, -0.25) is 19.3 Å². The topological polar surface area (TPSA) is 143 Å². The highest BCUT2D eigenvalue weighted by atomic mass is 32.2. The van der Waals surface area contributed by atoms with Gasteiger partial charge in [0.1, 0.15) is 18.5 Å². The van der Waals surface area contributed by atoms with E-state index in [1.165, 1.54) is 23.1 Å². The number of aliphatic hydroxyl groups is 1. The fourth-order valence-corrected chi connectivity index (χ4v) is 6.37. The van der Waals surface area contributed by atoms with Gasteiger partial charge in [-0.05, 0) is 49.2 Å². The quantitative estimate of drug-likeness (QED) is 0.340. The summed E-state index contributed by atoms with van der Waals surface area (Å²) in [4.78, 5) is 41.1. The molecular weight excluding hydrogens is 538 g/mol. The van der Waals surface area contributed by atoms with Gasteiger partial charge in [-0.1, -0.05) is 24.3 Å². The van der Waals surface area contributed by atoms with Crippen molar-refractivity contribution < 1.29 is 37.4 Å². The summed E-state index contributed by atoms with van der Waals surface area (Å²) in [5.74, 6) is -1.07. The summed E-state index contributed by atoms with van der Waals surface area (Å²) < 4.78 is 39.2. The van der Waals surface area contributed by atoms with Crippen molar-refractivity contribution in [1.29, 1.82) is 0 Å². The monoisotopic (exact) mass is 569 g/mol. The molecule has 2 fully saturated rings. The van der Waals surface area contributed by atoms with Crippen molar-refractivity contribution in [3.8, 4) is 5.75 Å². The number of benzene rings is 2. The molecular formula is C28H31N3O8S. The third-order valence-electron chi connectivity index (χ3n) is 7.26. The average molecular weight is 570 g/mol. The van der Waals surface area contributed by atoms with Gasteiger partial charge in [0.25, 0.3) is 5.91 Å². The second-order valence-electron chi connectivity index (χ2n) is 9.88. The van der Waals surface area contributed by atoms with E-state index in [0.717, 1.165) is 0 Å². The van der Waals surface area contributed by atoms with Crippen LogP contribution in [0.3, 0.4) is 0 Å². The molecule has 2 N–H and O–H groups in total. The summed E-state index contributed by atoms with van der Waals surface area (Å²) >= 11 is 0. The maximum absolute atomic E-state index is 13.0. The van der Waals surface area contributed by atoms with Gasteiger partial charge in [0.2, 0.25) is 21.8 Å². The molecule has 2 aromatic rings. The maximum Gasteiger partial charge on any atom is 0.255 e. The van der Waals surface area contributed by atoms with Crippen molar-refractivity contribution in [2.24, 2.45) is 11.8 Å². The van der Waals surface area contributed by atoms with E-state index in [-0.39, 0.29) is 47.3 Å². The normalized spacial score (nSPS) is 21.8. The maximum atomic E-state index is 13.0. The molecule has 0 aromatic heterocycles. The lowest BCUT2D eigenvalue weighted by Gasteiger charge is -2.27. The lowest BCUT2D eigenvalue weighted by Crippen LogP contribution is -2.42. The Balaban J connectivity index is 1.15. The summed E-state index contributed by atoms with van der Waals surface area (Å²) in [6.07, 6.45) is 3.80. The van der Waals surface area contributed by atoms with E-state index in [4.69, 9.17) is 9.47 Å². The standard InChI is InChI=1S/C28H31N3O8S/c32-20(17-29-40(36,37)25-8-4-3-7-24(25)26(33)30-13-15-38-16-14-30)18-39-21-11-9-19(10-12-21)31-27(34)22-5-1-2-6-23(22)28(31)35/h1-4,7-12,20,22-23,29,32H,5-6,13-18H2/t20-,22-,23+/m0/s1. The van der Waals surface area contributed by atoms with Crippen LogP contribution in [0.1, 0.15) is 23.2 Å². The van der Waals surface area contributed by atoms with Crippen LogP contribution in [0.5, 0.6) is 5.75 Å². The van der Waals surface area contributed by atoms with Crippen LogP contribution in [0.15, 0.2) is 65.6 Å². The summed E-state index contributed by atoms with van der Waals surface area (Å²) in [6.45, 7) is 0.978. The first-order valence-electron chi connectivity index (χ1n) is 13.2. The van der Waals surface area contributed by atoms with Gasteiger partial charge < -0.3 is 19.5 Å². The van der Waals surface area contributed by atoms with E-state index in [0.29, 0.717) is 50.6 Å². The van der Waals surface area contributed by atoms with Crippen LogP contribution >= 0.6 is 0 Å². The summed E-state index contributed by atoms with van der Waals surface area (Å²) in [5.41, 5.74) is 0.503. The third-order valence-corrected chi connectivity index (χ3v) is 8.74. The highest BCUT2D eigenvalue weighted by Crippen LogP contribution is 2.38. The van der Waals surface area contributed by atoms with Crippen molar-refractivity contribution in [3.05, 3.63) is 66.2 Å². The Labute approximate surface area is 232 Å². The number of carbonyl (C=O) groups excluding carboxylic acids is 3. The predicted molar refractivity (Wildman–Crippen MR) is 144 cm³/mol. The molecule has 2 aromatic carbocycles. The first-order chi connectivity index (χ1) is 19.3. The number of nitrogens with one attached hydrogen (secondary N) is 1. The lowest BCUT2D eigenvalue weighted by atomic mass is 9.85. The molecule has 3 amide bonds. The Kier molecular flexibility index (Phi) is 8.31. The molecule has 3 atom stereocenters. The smallest absolute Gasteiger partial charge is 0.255 e. The number of nitrogens with zero attached hydrogens (tertiary/aromatic N) is 2. The number of aliphatic hydroxyl groups excluding tert-OH is 1. The molecule has 2 aliphatic heterocycles. The fraction of sp³-hybridized carbons (Fsp3) is 0.393. The largest absolute Gasteiger partial charge is 0.491 e. The fourth-order valence-electron chi connectivity index (χ4n) is 5.10. The second-order valence-corrected chi connectivity index (χ2v) is 11.6. The first-order valence-corrected chi connectivity index (χ1v) is 14.6. The highest BCUT2D eigenvalue weighted by molar-refractivity contribution is 7.89. The van der Waals surface area contributed by atoms with E-state index in [2.05, 4.69) is 4.72 Å². The van der Waals surface area contributed by atoms with Crippen molar-refractivity contribution in [1.82, 2.24) is 9.62 Å². The number of allylic oxidation sites excluding steroid dienone is 2. The summed E-state index contributed by atoms with van der Waals surface area (Å²) in [7, 11) is -4.11. The minimum atomic E-state index is -4.11. The number of hydrogen-bond acceptors (Lipinski definition) is 8. The molecule has 5 rings (SSSR count). The minimum Gasteiger partial charge on any atom is -0.491 e. The van der Waals surface area contributed by atoms with E-state index < -0.39 is 22.0 Å². The number of fused-ring (bicyclic) bond motifs is 1. The molecule has 1 aliphatic carbocycles. The van der Waals surface area contributed by atoms with Gasteiger partial charge in [0.15, 0.2) is 0 Å². The molecule has 11 nitrogen and oxygen atoms in total. The zero-order chi connectivity index (χ0) is 28.3. The van der Waals surface area contributed by atoms with Crippen LogP contribution < -0.4 is 14.4 Å². The Bertz CT molecular complexity index is 1380. The Morgan fingerprint density at radius 1 is 1.00 bits per heavy atom. The second kappa shape index (κ2) is 11.9. The molecule has 0 saturated carbocycles. The molecule has 3 aliphatic rings. The van der Waals surface area contributed by atoms with Gasteiger partial charge in [0.05, 0.1) is 41.2 Å². The zero-order valence-corrected chi connectivity index (χ0v) is 22.6. The van der Waals surface area contributed by atoms with E-state index >= 15 is 0 Å². The van der Waals surface area contributed by atoms with Crippen LogP contribution in [0.4, 0.5) is 5.69 Å². The Hall–Kier alpha value is -3.58. The number of imide groups is 1. The van der Waals surface area contributed by atoms with Gasteiger partial charge >= 0.3 is 0 Å². The van der Waals surface area contributed by atoms with Crippen molar-refractivity contribution in [3.63, 3.8) is 0 Å². The molecule has 12 heteroatoms. The van der Waals surface area contributed by atoms with Crippen molar-refractivity contribution in [2.75, 3.05) is 44.4 Å². The van der Waals surface area contributed by atoms with Crippen molar-refractivity contribution >= 4 is 33.4 Å². The Morgan fingerprint density at radius 3 is 2.27 bits per heavy atom. The summed E-state index contributed by atoms with van der Waals surface area (Å²) in [6, 6.07) is 12.3. The van der Waals surface area contributed by atoms with E-state index in [9.17, 15) is 27.9 Å². The molecule has 2 saturated heterocycles. The third kappa shape index (κ3) is 5.80. The molecule has 212 valence electrons. The Morgan fingerprint density at radius 2 is 1.62 bits per heavy atom. The van der Waals surface area contributed by atoms with Gasteiger partial charge in [-0.2, -0.15) is 0 Å². The number of amides is 3. The molecule has 0 spiro atoms. The van der Waals surface area contributed by atoms with Crippen LogP contribution in [-0.2, 0) is 24.3 Å².